The van der Waals surface area contributed by atoms with Crippen molar-refractivity contribution in [1.29, 1.82) is 0 Å². The van der Waals surface area contributed by atoms with Crippen LogP contribution in [0.15, 0.2) is 23.8 Å². The summed E-state index contributed by atoms with van der Waals surface area (Å²) in [6.45, 7) is 12.1. The highest BCUT2D eigenvalue weighted by atomic mass is 16.6. The minimum Gasteiger partial charge on any atom is -0.374 e. The first kappa shape index (κ1) is 12.8. The lowest BCUT2D eigenvalue weighted by molar-refractivity contribution is 0.000285. The molecule has 96 valence electrons. The quantitative estimate of drug-likeness (QED) is 0.550. The van der Waals surface area contributed by atoms with Crippen molar-refractivity contribution in [3.05, 3.63) is 23.8 Å². The Morgan fingerprint density at radius 2 is 2.35 bits per heavy atom. The largest absolute Gasteiger partial charge is 0.374 e. The van der Waals surface area contributed by atoms with Crippen molar-refractivity contribution in [2.75, 3.05) is 13.2 Å². The van der Waals surface area contributed by atoms with Crippen molar-refractivity contribution in [3.63, 3.8) is 0 Å². The van der Waals surface area contributed by atoms with E-state index in [0.29, 0.717) is 12.5 Å². The van der Waals surface area contributed by atoms with E-state index in [1.807, 2.05) is 0 Å². The highest BCUT2D eigenvalue weighted by Crippen LogP contribution is 2.49. The van der Waals surface area contributed by atoms with Gasteiger partial charge in [-0.1, -0.05) is 23.8 Å². The normalized spacial score (nSPS) is 33.6. The summed E-state index contributed by atoms with van der Waals surface area (Å²) in [6, 6.07) is 0. The third-order valence-electron chi connectivity index (χ3n) is 4.02. The molecule has 0 radical (unpaired) electrons. The zero-order chi connectivity index (χ0) is 12.5. The zero-order valence-corrected chi connectivity index (χ0v) is 11.3. The molecule has 2 heteroatoms. The van der Waals surface area contributed by atoms with Gasteiger partial charge >= 0.3 is 0 Å². The van der Waals surface area contributed by atoms with Gasteiger partial charge in [-0.25, -0.2) is 0 Å². The van der Waals surface area contributed by atoms with E-state index in [0.717, 1.165) is 25.9 Å². The molecule has 2 nitrogen and oxygen atoms in total. The Bertz CT molecular complexity index is 322. The predicted molar refractivity (Wildman–Crippen MR) is 70.0 cm³/mol. The average molecular weight is 236 g/mol. The highest BCUT2D eigenvalue weighted by molar-refractivity contribution is 5.13. The van der Waals surface area contributed by atoms with Crippen LogP contribution >= 0.6 is 0 Å². The molecule has 1 spiro atoms. The fraction of sp³-hybridized carbons (Fsp3) is 0.733. The Morgan fingerprint density at radius 3 is 2.94 bits per heavy atom. The van der Waals surface area contributed by atoms with Gasteiger partial charge < -0.3 is 9.47 Å². The fourth-order valence-corrected chi connectivity index (χ4v) is 2.70. The van der Waals surface area contributed by atoms with E-state index < -0.39 is 0 Å². The molecule has 0 aromatic carbocycles. The van der Waals surface area contributed by atoms with E-state index in [-0.39, 0.29) is 11.7 Å². The number of rotatable bonds is 4. The monoisotopic (exact) mass is 236 g/mol. The topological polar surface area (TPSA) is 21.8 Å². The minimum absolute atomic E-state index is 0.131. The van der Waals surface area contributed by atoms with Crippen LogP contribution in [0.3, 0.4) is 0 Å². The van der Waals surface area contributed by atoms with Gasteiger partial charge in [-0.3, -0.25) is 0 Å². The van der Waals surface area contributed by atoms with Gasteiger partial charge in [-0.05, 0) is 40.0 Å². The van der Waals surface area contributed by atoms with E-state index in [1.165, 1.54) is 11.1 Å². The molecular formula is C15H24O2. The van der Waals surface area contributed by atoms with Gasteiger partial charge in [0.1, 0.15) is 0 Å². The van der Waals surface area contributed by atoms with Gasteiger partial charge in [0, 0.05) is 5.92 Å². The van der Waals surface area contributed by atoms with Crippen LogP contribution in [-0.2, 0) is 9.47 Å². The van der Waals surface area contributed by atoms with Gasteiger partial charge in [0.2, 0.25) is 0 Å². The van der Waals surface area contributed by atoms with Crippen LogP contribution in [0, 0.1) is 5.92 Å². The summed E-state index contributed by atoms with van der Waals surface area (Å²) >= 11 is 0. The molecule has 3 atom stereocenters. The summed E-state index contributed by atoms with van der Waals surface area (Å²) < 4.78 is 11.6. The van der Waals surface area contributed by atoms with Crippen molar-refractivity contribution in [1.82, 2.24) is 0 Å². The van der Waals surface area contributed by atoms with Crippen LogP contribution in [-0.4, -0.2) is 24.9 Å². The molecule has 1 saturated heterocycles. The molecule has 0 N–H and O–H groups in total. The minimum atomic E-state index is 0.131. The second-order valence-corrected chi connectivity index (χ2v) is 5.73. The summed E-state index contributed by atoms with van der Waals surface area (Å²) in [5.74, 6) is 0.495. The van der Waals surface area contributed by atoms with Gasteiger partial charge in [0.15, 0.2) is 0 Å². The molecular weight excluding hydrogens is 212 g/mol. The van der Waals surface area contributed by atoms with E-state index in [9.17, 15) is 0 Å². The maximum atomic E-state index is 5.92. The Balaban J connectivity index is 1.90. The second kappa shape index (κ2) is 4.95. The summed E-state index contributed by atoms with van der Waals surface area (Å²) in [6.07, 6.45) is 5.71. The van der Waals surface area contributed by atoms with Crippen LogP contribution in [0.5, 0.6) is 0 Å². The fourth-order valence-electron chi connectivity index (χ4n) is 2.70. The van der Waals surface area contributed by atoms with Gasteiger partial charge in [0.05, 0.1) is 24.9 Å². The zero-order valence-electron chi connectivity index (χ0n) is 11.3. The molecule has 1 aliphatic carbocycles. The van der Waals surface area contributed by atoms with E-state index in [1.54, 1.807) is 0 Å². The van der Waals surface area contributed by atoms with Gasteiger partial charge in [-0.2, -0.15) is 0 Å². The Morgan fingerprint density at radius 1 is 1.65 bits per heavy atom. The Hall–Kier alpha value is -0.600. The first-order chi connectivity index (χ1) is 8.03. The molecule has 1 aliphatic heterocycles. The summed E-state index contributed by atoms with van der Waals surface area (Å²) in [5, 5.41) is 0. The van der Waals surface area contributed by atoms with Crippen molar-refractivity contribution < 1.29 is 9.47 Å². The van der Waals surface area contributed by atoms with Crippen LogP contribution in [0.25, 0.3) is 0 Å². The Kier molecular flexibility index (Phi) is 3.74. The number of allylic oxidation sites excluding steroid dienone is 2. The first-order valence-electron chi connectivity index (χ1n) is 6.59. The van der Waals surface area contributed by atoms with Crippen molar-refractivity contribution in [3.8, 4) is 0 Å². The van der Waals surface area contributed by atoms with Crippen LogP contribution < -0.4 is 0 Å². The van der Waals surface area contributed by atoms with Crippen molar-refractivity contribution in [2.45, 2.75) is 51.7 Å². The highest BCUT2D eigenvalue weighted by Gasteiger charge is 2.54. The lowest BCUT2D eigenvalue weighted by Gasteiger charge is -2.34. The third kappa shape index (κ3) is 2.99. The molecule has 3 unspecified atom stereocenters. The van der Waals surface area contributed by atoms with Crippen LogP contribution in [0.4, 0.5) is 0 Å². The van der Waals surface area contributed by atoms with Crippen LogP contribution in [0.1, 0.15) is 40.0 Å². The van der Waals surface area contributed by atoms with E-state index >= 15 is 0 Å². The van der Waals surface area contributed by atoms with E-state index in [4.69, 9.17) is 9.47 Å². The van der Waals surface area contributed by atoms with Gasteiger partial charge in [-0.15, -0.1) is 0 Å². The summed E-state index contributed by atoms with van der Waals surface area (Å²) in [5.41, 5.74) is 2.79. The number of hydrogen-bond donors (Lipinski definition) is 0. The molecule has 0 amide bonds. The maximum absolute atomic E-state index is 5.92. The average Bonchev–Trinajstić information content (AvgIpc) is 3.02. The Labute approximate surface area is 105 Å². The summed E-state index contributed by atoms with van der Waals surface area (Å²) in [4.78, 5) is 0. The third-order valence-corrected chi connectivity index (χ3v) is 4.02. The molecule has 2 fully saturated rings. The molecule has 17 heavy (non-hydrogen) atoms. The van der Waals surface area contributed by atoms with Crippen molar-refractivity contribution in [2.24, 2.45) is 5.92 Å². The molecule has 2 rings (SSSR count). The number of hydrogen-bond acceptors (Lipinski definition) is 2. The van der Waals surface area contributed by atoms with Crippen molar-refractivity contribution >= 4 is 0 Å². The molecule has 0 aromatic heterocycles. The second-order valence-electron chi connectivity index (χ2n) is 5.73. The molecule has 1 saturated carbocycles. The molecule has 2 aliphatic rings. The maximum Gasteiger partial charge on any atom is 0.0975 e. The lowest BCUT2D eigenvalue weighted by Crippen LogP contribution is -2.38. The lowest BCUT2D eigenvalue weighted by atomic mass is 9.75. The summed E-state index contributed by atoms with van der Waals surface area (Å²) in [7, 11) is 0. The standard InChI is InChI=1S/C15H24O2/c1-11(2)6-8-16-13(4)14-9-12(3)5-7-15(14)10-17-15/h6,13-14H,3,5,7-10H2,1-2,4H3. The molecule has 0 aromatic rings. The van der Waals surface area contributed by atoms with Gasteiger partial charge in [0.25, 0.3) is 0 Å². The molecule has 1 heterocycles. The predicted octanol–water partition coefficient (Wildman–Crippen LogP) is 3.48. The first-order valence-corrected chi connectivity index (χ1v) is 6.59. The van der Waals surface area contributed by atoms with E-state index in [2.05, 4.69) is 33.4 Å². The smallest absolute Gasteiger partial charge is 0.0975 e. The van der Waals surface area contributed by atoms with Crippen LogP contribution in [0.2, 0.25) is 0 Å². The SMILES string of the molecule is C=C1CCC2(CO2)C(C(C)OCC=C(C)C)C1. The number of epoxide rings is 1. The molecule has 0 bridgehead atoms. The number of ether oxygens (including phenoxy) is 2.